The van der Waals surface area contributed by atoms with Crippen molar-refractivity contribution in [2.24, 2.45) is 5.41 Å². The fourth-order valence-electron chi connectivity index (χ4n) is 1.09. The lowest BCUT2D eigenvalue weighted by Crippen LogP contribution is -2.27. The second-order valence-electron chi connectivity index (χ2n) is 4.11. The minimum atomic E-state index is -0.933. The van der Waals surface area contributed by atoms with E-state index in [1.165, 1.54) is 12.1 Å². The summed E-state index contributed by atoms with van der Waals surface area (Å²) in [5.74, 6) is 0.0454. The summed E-state index contributed by atoms with van der Waals surface area (Å²) in [6, 6.07) is 6.40. The van der Waals surface area contributed by atoms with Gasteiger partial charge in [-0.15, -0.1) is 0 Å². The van der Waals surface area contributed by atoms with Crippen molar-refractivity contribution in [3.8, 4) is 5.75 Å². The molecule has 0 amide bonds. The van der Waals surface area contributed by atoms with E-state index in [9.17, 15) is 9.59 Å². The largest absolute Gasteiger partial charge is 0.508 e. The smallest absolute Gasteiger partial charge is 0.149 e. The Morgan fingerprint density at radius 1 is 1.33 bits per heavy atom. The van der Waals surface area contributed by atoms with Crippen LogP contribution in [0.5, 0.6) is 5.75 Å². The number of Topliss-reactive ketones (excluding diaryl/α,β-unsaturated/α-hetero) is 1. The van der Waals surface area contributed by atoms with Crippen molar-refractivity contribution in [3.63, 3.8) is 0 Å². The molecule has 1 aromatic rings. The van der Waals surface area contributed by atoms with Crippen LogP contribution in [0.4, 0.5) is 0 Å². The molecule has 0 aliphatic rings. The quantitative estimate of drug-likeness (QED) is 0.603. The van der Waals surface area contributed by atoms with Crippen LogP contribution in [0.2, 0.25) is 0 Å². The first kappa shape index (κ1) is 11.4. The second-order valence-corrected chi connectivity index (χ2v) is 4.11. The Balaban J connectivity index is 2.75. The van der Waals surface area contributed by atoms with Crippen molar-refractivity contribution in [1.82, 2.24) is 0 Å². The molecule has 0 spiro atoms. The van der Waals surface area contributed by atoms with Crippen molar-refractivity contribution in [1.29, 1.82) is 0 Å². The number of aldehydes is 1. The summed E-state index contributed by atoms with van der Waals surface area (Å²) in [6.45, 7) is 3.20. The van der Waals surface area contributed by atoms with Crippen LogP contribution in [0.1, 0.15) is 19.4 Å². The van der Waals surface area contributed by atoms with Crippen molar-refractivity contribution in [2.45, 2.75) is 20.3 Å². The molecule has 0 aliphatic heterocycles. The SMILES string of the molecule is CC(C)(C=O)C(=O)Cc1ccc(O)cc1. The van der Waals surface area contributed by atoms with Crippen LogP contribution in [0.25, 0.3) is 0 Å². The average molecular weight is 206 g/mol. The molecule has 3 nitrogen and oxygen atoms in total. The van der Waals surface area contributed by atoms with Gasteiger partial charge in [0, 0.05) is 6.42 Å². The summed E-state index contributed by atoms with van der Waals surface area (Å²) < 4.78 is 0. The van der Waals surface area contributed by atoms with E-state index in [1.54, 1.807) is 26.0 Å². The van der Waals surface area contributed by atoms with E-state index in [0.29, 0.717) is 6.29 Å². The fourth-order valence-corrected chi connectivity index (χ4v) is 1.09. The monoisotopic (exact) mass is 206 g/mol. The van der Waals surface area contributed by atoms with Crippen molar-refractivity contribution in [2.75, 3.05) is 0 Å². The molecule has 0 bridgehead atoms. The van der Waals surface area contributed by atoms with Gasteiger partial charge in [0.2, 0.25) is 0 Å². The van der Waals surface area contributed by atoms with E-state index in [-0.39, 0.29) is 18.0 Å². The molecule has 80 valence electrons. The van der Waals surface area contributed by atoms with Crippen LogP contribution in [0, 0.1) is 5.41 Å². The molecular formula is C12H14O3. The van der Waals surface area contributed by atoms with Gasteiger partial charge in [-0.25, -0.2) is 0 Å². The number of phenols is 1. The van der Waals surface area contributed by atoms with E-state index in [1.807, 2.05) is 0 Å². The molecule has 1 N–H and O–H groups in total. The van der Waals surface area contributed by atoms with E-state index >= 15 is 0 Å². The number of carbonyl (C=O) groups is 2. The lowest BCUT2D eigenvalue weighted by atomic mass is 9.86. The molecule has 0 saturated heterocycles. The number of rotatable bonds is 4. The molecule has 0 aromatic heterocycles. The topological polar surface area (TPSA) is 54.4 Å². The van der Waals surface area contributed by atoms with E-state index in [4.69, 9.17) is 5.11 Å². The summed E-state index contributed by atoms with van der Waals surface area (Å²) in [4.78, 5) is 22.3. The highest BCUT2D eigenvalue weighted by molar-refractivity contribution is 5.98. The van der Waals surface area contributed by atoms with Gasteiger partial charge >= 0.3 is 0 Å². The van der Waals surface area contributed by atoms with E-state index < -0.39 is 5.41 Å². The number of carbonyl (C=O) groups excluding carboxylic acids is 2. The molecule has 1 aromatic carbocycles. The van der Waals surface area contributed by atoms with Gasteiger partial charge in [0.1, 0.15) is 17.8 Å². The maximum atomic E-state index is 11.7. The van der Waals surface area contributed by atoms with Crippen LogP contribution in [0.3, 0.4) is 0 Å². The molecular weight excluding hydrogens is 192 g/mol. The molecule has 0 saturated carbocycles. The lowest BCUT2D eigenvalue weighted by molar-refractivity contribution is -0.132. The molecule has 0 aliphatic carbocycles. The van der Waals surface area contributed by atoms with Gasteiger partial charge in [-0.2, -0.15) is 0 Å². The highest BCUT2D eigenvalue weighted by atomic mass is 16.3. The molecule has 0 heterocycles. The highest BCUT2D eigenvalue weighted by Gasteiger charge is 2.26. The van der Waals surface area contributed by atoms with Gasteiger partial charge in [-0.1, -0.05) is 12.1 Å². The number of phenolic OH excluding ortho intramolecular Hbond substituents is 1. The average Bonchev–Trinajstić information content (AvgIpc) is 2.21. The first-order valence-corrected chi connectivity index (χ1v) is 4.73. The van der Waals surface area contributed by atoms with E-state index in [2.05, 4.69) is 0 Å². The summed E-state index contributed by atoms with van der Waals surface area (Å²) >= 11 is 0. The summed E-state index contributed by atoms with van der Waals surface area (Å²) in [5, 5.41) is 9.06. The normalized spacial score (nSPS) is 11.1. The van der Waals surface area contributed by atoms with Crippen LogP contribution in [0.15, 0.2) is 24.3 Å². The van der Waals surface area contributed by atoms with E-state index in [0.717, 1.165) is 5.56 Å². The molecule has 0 radical (unpaired) electrons. The van der Waals surface area contributed by atoms with Gasteiger partial charge in [0.15, 0.2) is 0 Å². The van der Waals surface area contributed by atoms with Crippen LogP contribution in [-0.4, -0.2) is 17.2 Å². The minimum absolute atomic E-state index is 0.122. The number of aromatic hydroxyl groups is 1. The third kappa shape index (κ3) is 2.91. The predicted molar refractivity (Wildman–Crippen MR) is 56.7 cm³/mol. The van der Waals surface area contributed by atoms with Crippen molar-refractivity contribution >= 4 is 12.1 Å². The molecule has 0 fully saturated rings. The molecule has 0 atom stereocenters. The Morgan fingerprint density at radius 3 is 2.33 bits per heavy atom. The van der Waals surface area contributed by atoms with Crippen LogP contribution >= 0.6 is 0 Å². The van der Waals surface area contributed by atoms with Gasteiger partial charge in [-0.05, 0) is 31.5 Å². The fraction of sp³-hybridized carbons (Fsp3) is 0.333. The van der Waals surface area contributed by atoms with Crippen molar-refractivity contribution in [3.05, 3.63) is 29.8 Å². The molecule has 15 heavy (non-hydrogen) atoms. The molecule has 0 unspecified atom stereocenters. The number of ketones is 1. The number of hydrogen-bond donors (Lipinski definition) is 1. The van der Waals surface area contributed by atoms with Crippen molar-refractivity contribution < 1.29 is 14.7 Å². The zero-order valence-electron chi connectivity index (χ0n) is 8.86. The third-order valence-electron chi connectivity index (χ3n) is 2.31. The Labute approximate surface area is 88.7 Å². The van der Waals surface area contributed by atoms with Crippen LogP contribution < -0.4 is 0 Å². The first-order valence-electron chi connectivity index (χ1n) is 4.73. The Bertz CT molecular complexity index is 363. The molecule has 3 heteroatoms. The Hall–Kier alpha value is -1.64. The summed E-state index contributed by atoms with van der Waals surface area (Å²) in [5.41, 5.74) is -0.134. The Kier molecular flexibility index (Phi) is 3.24. The second kappa shape index (κ2) is 4.26. The third-order valence-corrected chi connectivity index (χ3v) is 2.31. The maximum absolute atomic E-state index is 11.7. The standard InChI is InChI=1S/C12H14O3/c1-12(2,8-13)11(15)7-9-3-5-10(14)6-4-9/h3-6,8,14H,7H2,1-2H3. The first-order chi connectivity index (χ1) is 6.95. The van der Waals surface area contributed by atoms with Gasteiger partial charge in [-0.3, -0.25) is 4.79 Å². The van der Waals surface area contributed by atoms with Gasteiger partial charge < -0.3 is 9.90 Å². The van der Waals surface area contributed by atoms with Crippen LogP contribution in [-0.2, 0) is 16.0 Å². The maximum Gasteiger partial charge on any atom is 0.149 e. The lowest BCUT2D eigenvalue weighted by Gasteiger charge is -2.14. The summed E-state index contributed by atoms with van der Waals surface area (Å²) in [6.07, 6.45) is 0.877. The van der Waals surface area contributed by atoms with Gasteiger partial charge in [0.25, 0.3) is 0 Å². The number of benzene rings is 1. The molecule has 1 rings (SSSR count). The van der Waals surface area contributed by atoms with Gasteiger partial charge in [0.05, 0.1) is 5.41 Å². The summed E-state index contributed by atoms with van der Waals surface area (Å²) in [7, 11) is 0. The predicted octanol–water partition coefficient (Wildman–Crippen LogP) is 1.73. The minimum Gasteiger partial charge on any atom is -0.508 e. The Morgan fingerprint density at radius 2 is 1.87 bits per heavy atom. The zero-order valence-corrected chi connectivity index (χ0v) is 8.86. The zero-order chi connectivity index (χ0) is 11.5. The highest BCUT2D eigenvalue weighted by Crippen LogP contribution is 2.17. The number of hydrogen-bond acceptors (Lipinski definition) is 3.